The van der Waals surface area contributed by atoms with E-state index in [9.17, 15) is 0 Å². The molecule has 0 aromatic heterocycles. The maximum atomic E-state index is 8.85. The van der Waals surface area contributed by atoms with Crippen molar-refractivity contribution >= 4 is 11.4 Å². The van der Waals surface area contributed by atoms with E-state index in [4.69, 9.17) is 21.2 Å². The quantitative estimate of drug-likeness (QED) is 0.637. The van der Waals surface area contributed by atoms with Crippen molar-refractivity contribution in [2.24, 2.45) is 16.1 Å². The van der Waals surface area contributed by atoms with Gasteiger partial charge in [-0.2, -0.15) is 26.0 Å². The number of rotatable bonds is 4. The summed E-state index contributed by atoms with van der Waals surface area (Å²) >= 11 is 0. The van der Waals surface area contributed by atoms with Gasteiger partial charge in [-0.05, 0) is 12.1 Å². The molecule has 0 heterocycles. The molecule has 0 aliphatic rings. The average Bonchev–Trinajstić information content (AvgIpc) is 2.42. The number of nitrogens with zero attached hydrogens (tertiary/aromatic N) is 5. The zero-order chi connectivity index (χ0) is 13.4. The highest BCUT2D eigenvalue weighted by Crippen LogP contribution is 2.12. The first-order chi connectivity index (χ1) is 8.72. The monoisotopic (exact) mass is 236 g/mol. The van der Waals surface area contributed by atoms with Crippen LogP contribution in [0, 0.1) is 45.3 Å². The van der Waals surface area contributed by atoms with Crippen LogP contribution < -0.4 is 0 Å². The lowest BCUT2D eigenvalue weighted by atomic mass is 10.0. The van der Waals surface area contributed by atoms with Gasteiger partial charge in [0.1, 0.15) is 0 Å². The van der Waals surface area contributed by atoms with Gasteiger partial charge in [0, 0.05) is 0 Å². The standard InChI is InChI=1S/C12H8N6/c13-6-9(7-14)12(16)11(8-15)18-17-10-4-2-1-3-5-10/h1-5,9,11,16H. The predicted octanol–water partition coefficient (Wildman–Crippen LogP) is 2.35. The third-order valence-electron chi connectivity index (χ3n) is 2.03. The highest BCUT2D eigenvalue weighted by molar-refractivity contribution is 5.95. The Morgan fingerprint density at radius 1 is 1.06 bits per heavy atom. The van der Waals surface area contributed by atoms with Gasteiger partial charge >= 0.3 is 0 Å². The van der Waals surface area contributed by atoms with Crippen molar-refractivity contribution < 1.29 is 0 Å². The Labute approximate surface area is 104 Å². The first-order valence-electron chi connectivity index (χ1n) is 4.96. The van der Waals surface area contributed by atoms with E-state index in [1.807, 2.05) is 6.07 Å². The summed E-state index contributed by atoms with van der Waals surface area (Å²) in [5, 5.41) is 41.1. The van der Waals surface area contributed by atoms with Gasteiger partial charge in [0.2, 0.25) is 0 Å². The third-order valence-corrected chi connectivity index (χ3v) is 2.03. The summed E-state index contributed by atoms with van der Waals surface area (Å²) in [6, 6.07) is 12.5. The summed E-state index contributed by atoms with van der Waals surface area (Å²) in [6.07, 6.45) is 0. The minimum atomic E-state index is -1.27. The molecule has 1 aromatic carbocycles. The Balaban J connectivity index is 2.85. The van der Waals surface area contributed by atoms with Crippen molar-refractivity contribution in [2.45, 2.75) is 6.04 Å². The van der Waals surface area contributed by atoms with E-state index in [1.54, 1.807) is 42.5 Å². The zero-order valence-electron chi connectivity index (χ0n) is 9.28. The summed E-state index contributed by atoms with van der Waals surface area (Å²) in [6.45, 7) is 0. The first-order valence-corrected chi connectivity index (χ1v) is 4.96. The van der Waals surface area contributed by atoms with Crippen LogP contribution in [0.3, 0.4) is 0 Å². The molecular weight excluding hydrogens is 228 g/mol. The van der Waals surface area contributed by atoms with Crippen LogP contribution in [0.4, 0.5) is 5.69 Å². The molecule has 6 nitrogen and oxygen atoms in total. The van der Waals surface area contributed by atoms with Crippen molar-refractivity contribution in [3.8, 4) is 18.2 Å². The maximum Gasteiger partial charge on any atom is 0.197 e. The molecule has 1 aromatic rings. The highest BCUT2D eigenvalue weighted by Gasteiger charge is 2.22. The Kier molecular flexibility index (Phi) is 4.72. The Bertz CT molecular complexity index is 555. The molecule has 6 heteroatoms. The van der Waals surface area contributed by atoms with Crippen molar-refractivity contribution in [3.63, 3.8) is 0 Å². The molecule has 18 heavy (non-hydrogen) atoms. The van der Waals surface area contributed by atoms with E-state index < -0.39 is 12.0 Å². The molecule has 0 fully saturated rings. The van der Waals surface area contributed by atoms with Crippen LogP contribution in [0.5, 0.6) is 0 Å². The van der Waals surface area contributed by atoms with E-state index in [-0.39, 0.29) is 5.71 Å². The van der Waals surface area contributed by atoms with Gasteiger partial charge in [-0.1, -0.05) is 18.2 Å². The van der Waals surface area contributed by atoms with Gasteiger partial charge in [0.15, 0.2) is 12.0 Å². The van der Waals surface area contributed by atoms with Crippen molar-refractivity contribution in [3.05, 3.63) is 30.3 Å². The fourth-order valence-corrected chi connectivity index (χ4v) is 1.10. The van der Waals surface area contributed by atoms with E-state index in [0.717, 1.165) is 0 Å². The number of benzene rings is 1. The van der Waals surface area contributed by atoms with Crippen molar-refractivity contribution in [1.29, 1.82) is 21.2 Å². The van der Waals surface area contributed by atoms with Crippen molar-refractivity contribution in [1.82, 2.24) is 0 Å². The third kappa shape index (κ3) is 3.23. The number of nitrogens with one attached hydrogen (secondary N) is 1. The van der Waals surface area contributed by atoms with Gasteiger partial charge in [0.05, 0.1) is 29.6 Å². The number of azo groups is 1. The summed E-state index contributed by atoms with van der Waals surface area (Å²) in [5.41, 5.74) is 0.179. The van der Waals surface area contributed by atoms with Crippen molar-refractivity contribution in [2.75, 3.05) is 0 Å². The Morgan fingerprint density at radius 3 is 2.17 bits per heavy atom. The number of hydrogen-bond donors (Lipinski definition) is 1. The summed E-state index contributed by atoms with van der Waals surface area (Å²) < 4.78 is 0. The molecule has 86 valence electrons. The normalized spacial score (nSPS) is 11.4. The molecule has 0 spiro atoms. The summed E-state index contributed by atoms with van der Waals surface area (Å²) in [4.78, 5) is 0. The lowest BCUT2D eigenvalue weighted by Gasteiger charge is -2.04. The molecule has 1 rings (SSSR count). The van der Waals surface area contributed by atoms with Gasteiger partial charge in [-0.25, -0.2) is 0 Å². The van der Waals surface area contributed by atoms with Crippen LogP contribution in [0.2, 0.25) is 0 Å². The second-order valence-corrected chi connectivity index (χ2v) is 3.23. The molecule has 0 saturated carbocycles. The molecule has 1 atom stereocenters. The number of hydrogen-bond acceptors (Lipinski definition) is 6. The molecule has 0 aliphatic carbocycles. The van der Waals surface area contributed by atoms with Gasteiger partial charge in [0.25, 0.3) is 0 Å². The van der Waals surface area contributed by atoms with E-state index in [0.29, 0.717) is 5.69 Å². The van der Waals surface area contributed by atoms with Crippen LogP contribution in [-0.4, -0.2) is 11.8 Å². The predicted molar refractivity (Wildman–Crippen MR) is 62.8 cm³/mol. The van der Waals surface area contributed by atoms with E-state index >= 15 is 0 Å². The van der Waals surface area contributed by atoms with E-state index in [2.05, 4.69) is 10.2 Å². The highest BCUT2D eigenvalue weighted by atomic mass is 15.1. The van der Waals surface area contributed by atoms with Gasteiger partial charge in [-0.15, -0.1) is 0 Å². The topological polar surface area (TPSA) is 120 Å². The minimum Gasteiger partial charge on any atom is -0.304 e. The van der Waals surface area contributed by atoms with Crippen LogP contribution in [0.15, 0.2) is 40.6 Å². The van der Waals surface area contributed by atoms with Crippen LogP contribution >= 0.6 is 0 Å². The molecule has 1 unspecified atom stereocenters. The molecule has 1 N–H and O–H groups in total. The fraction of sp³-hybridized carbons (Fsp3) is 0.167. The molecule has 0 radical (unpaired) electrons. The van der Waals surface area contributed by atoms with Gasteiger partial charge in [-0.3, -0.25) is 0 Å². The van der Waals surface area contributed by atoms with Crippen LogP contribution in [0.25, 0.3) is 0 Å². The second kappa shape index (κ2) is 6.52. The minimum absolute atomic E-state index is 0.359. The SMILES string of the molecule is N#CC(C#N)C(=N)C(C#N)N=Nc1ccccc1. The fourth-order valence-electron chi connectivity index (χ4n) is 1.10. The zero-order valence-corrected chi connectivity index (χ0v) is 9.28. The largest absolute Gasteiger partial charge is 0.304 e. The maximum absolute atomic E-state index is 8.85. The lowest BCUT2D eigenvalue weighted by molar-refractivity contribution is 0.922. The number of nitriles is 3. The first kappa shape index (κ1) is 13.0. The Hall–Kier alpha value is -3.04. The second-order valence-electron chi connectivity index (χ2n) is 3.23. The molecular formula is C12H8N6. The Morgan fingerprint density at radius 2 is 1.67 bits per heavy atom. The van der Waals surface area contributed by atoms with Crippen LogP contribution in [-0.2, 0) is 0 Å². The molecule has 0 bridgehead atoms. The smallest absolute Gasteiger partial charge is 0.197 e. The molecule has 0 saturated heterocycles. The van der Waals surface area contributed by atoms with E-state index in [1.165, 1.54) is 0 Å². The van der Waals surface area contributed by atoms with Crippen LogP contribution in [0.1, 0.15) is 0 Å². The lowest BCUT2D eigenvalue weighted by Crippen LogP contribution is -2.22. The summed E-state index contributed by atoms with van der Waals surface area (Å²) in [7, 11) is 0. The molecule has 0 aliphatic heterocycles. The summed E-state index contributed by atoms with van der Waals surface area (Å²) in [5.74, 6) is -1.27. The molecule has 0 amide bonds. The van der Waals surface area contributed by atoms with Gasteiger partial charge < -0.3 is 5.41 Å². The average molecular weight is 236 g/mol.